The van der Waals surface area contributed by atoms with E-state index in [-0.39, 0.29) is 29.2 Å². The second-order valence-corrected chi connectivity index (χ2v) is 4.36. The molecule has 0 heterocycles. The van der Waals surface area contributed by atoms with Gasteiger partial charge in [0, 0.05) is 7.05 Å². The van der Waals surface area contributed by atoms with Crippen LogP contribution in [0.2, 0.25) is 0 Å². The van der Waals surface area contributed by atoms with Gasteiger partial charge in [0.1, 0.15) is 5.82 Å². The third-order valence-corrected chi connectivity index (χ3v) is 3.00. The van der Waals surface area contributed by atoms with Crippen molar-refractivity contribution in [3.05, 3.63) is 35.6 Å². The van der Waals surface area contributed by atoms with Gasteiger partial charge < -0.3 is 10.6 Å². The molecule has 92 valence electrons. The first kappa shape index (κ1) is 13.6. The van der Waals surface area contributed by atoms with Crippen LogP contribution >= 0.6 is 12.2 Å². The summed E-state index contributed by atoms with van der Waals surface area (Å²) in [4.78, 5) is 13.6. The second kappa shape index (κ2) is 5.72. The number of nitrogens with zero attached hydrogens (tertiary/aromatic N) is 1. The fraction of sp³-hybridized carbons (Fsp3) is 0.333. The molecule has 1 atom stereocenters. The van der Waals surface area contributed by atoms with Gasteiger partial charge in [0.2, 0.25) is 5.91 Å². The van der Waals surface area contributed by atoms with Crippen molar-refractivity contribution in [3.8, 4) is 0 Å². The number of amides is 1. The number of halogens is 1. The molecule has 0 saturated carbocycles. The maximum Gasteiger partial charge on any atom is 0.227 e. The van der Waals surface area contributed by atoms with E-state index in [0.29, 0.717) is 0 Å². The molecule has 0 radical (unpaired) electrons. The molecule has 0 aliphatic heterocycles. The number of rotatable bonds is 4. The summed E-state index contributed by atoms with van der Waals surface area (Å²) in [5.41, 5.74) is 6.24. The first-order valence-electron chi connectivity index (χ1n) is 5.21. The Morgan fingerprint density at radius 1 is 1.47 bits per heavy atom. The first-order valence-corrected chi connectivity index (χ1v) is 5.62. The van der Waals surface area contributed by atoms with Crippen molar-refractivity contribution < 1.29 is 9.18 Å². The van der Waals surface area contributed by atoms with Crippen molar-refractivity contribution in [1.29, 1.82) is 0 Å². The summed E-state index contributed by atoms with van der Waals surface area (Å²) in [5, 5.41) is 0. The molecule has 1 unspecified atom stereocenters. The van der Waals surface area contributed by atoms with Gasteiger partial charge >= 0.3 is 0 Å². The number of benzene rings is 1. The fourth-order valence-corrected chi connectivity index (χ4v) is 1.47. The van der Waals surface area contributed by atoms with E-state index in [1.54, 1.807) is 26.1 Å². The lowest BCUT2D eigenvalue weighted by molar-refractivity contribution is -0.129. The number of hydrogen-bond acceptors (Lipinski definition) is 2. The molecule has 5 heteroatoms. The molecule has 3 nitrogen and oxygen atoms in total. The van der Waals surface area contributed by atoms with E-state index in [2.05, 4.69) is 0 Å². The van der Waals surface area contributed by atoms with Crippen LogP contribution in [0.25, 0.3) is 0 Å². The minimum atomic E-state index is -0.314. The van der Waals surface area contributed by atoms with E-state index in [9.17, 15) is 9.18 Å². The summed E-state index contributed by atoms with van der Waals surface area (Å²) in [6.07, 6.45) is 0.212. The molecule has 0 spiro atoms. The number of hydrogen-bond donors (Lipinski definition) is 1. The van der Waals surface area contributed by atoms with E-state index in [4.69, 9.17) is 18.0 Å². The lowest BCUT2D eigenvalue weighted by Gasteiger charge is -2.23. The normalized spacial score (nSPS) is 11.9. The molecule has 1 aromatic rings. The maximum atomic E-state index is 12.7. The zero-order valence-electron chi connectivity index (χ0n) is 9.81. The first-order chi connectivity index (χ1) is 7.91. The number of carbonyl (C=O) groups excluding carboxylic acids is 1. The predicted octanol–water partition coefficient (Wildman–Crippen LogP) is 1.50. The molecular formula is C12H15FN2OS. The van der Waals surface area contributed by atoms with Gasteiger partial charge in [-0.25, -0.2) is 4.39 Å². The van der Waals surface area contributed by atoms with E-state index < -0.39 is 0 Å². The zero-order chi connectivity index (χ0) is 13.0. The quantitative estimate of drug-likeness (QED) is 0.828. The molecule has 0 bridgehead atoms. The van der Waals surface area contributed by atoms with Crippen LogP contribution in [0.5, 0.6) is 0 Å². The van der Waals surface area contributed by atoms with Crippen LogP contribution < -0.4 is 5.73 Å². The minimum absolute atomic E-state index is 0.100. The second-order valence-electron chi connectivity index (χ2n) is 3.89. The number of likely N-dealkylation sites (N-methyl/N-ethyl adjacent to an activating group) is 1. The molecule has 0 aliphatic carbocycles. The summed E-state index contributed by atoms with van der Waals surface area (Å²) in [7, 11) is 1.65. The highest BCUT2D eigenvalue weighted by Crippen LogP contribution is 2.06. The highest BCUT2D eigenvalue weighted by molar-refractivity contribution is 7.80. The van der Waals surface area contributed by atoms with Crippen molar-refractivity contribution in [2.24, 2.45) is 5.73 Å². The summed E-state index contributed by atoms with van der Waals surface area (Å²) in [5.74, 6) is -0.414. The molecule has 0 aromatic heterocycles. The van der Waals surface area contributed by atoms with Crippen molar-refractivity contribution in [3.63, 3.8) is 0 Å². The van der Waals surface area contributed by atoms with E-state index in [1.165, 1.54) is 17.0 Å². The van der Waals surface area contributed by atoms with Gasteiger partial charge in [-0.05, 0) is 24.6 Å². The molecule has 1 amide bonds. The third-order valence-electron chi connectivity index (χ3n) is 2.65. The topological polar surface area (TPSA) is 46.3 Å². The zero-order valence-corrected chi connectivity index (χ0v) is 10.6. The standard InChI is InChI=1S/C12H15FN2OS/c1-8(12(14)17)15(2)11(16)7-9-3-5-10(13)6-4-9/h3-6,8H,7H2,1-2H3,(H2,14,17). The highest BCUT2D eigenvalue weighted by atomic mass is 32.1. The Kier molecular flexibility index (Phi) is 4.57. The average Bonchev–Trinajstić information content (AvgIpc) is 2.30. The Hall–Kier alpha value is -1.49. The molecule has 1 aromatic carbocycles. The van der Waals surface area contributed by atoms with Gasteiger partial charge in [-0.2, -0.15) is 0 Å². The monoisotopic (exact) mass is 254 g/mol. The predicted molar refractivity (Wildman–Crippen MR) is 69.1 cm³/mol. The summed E-state index contributed by atoms with van der Waals surface area (Å²) in [6, 6.07) is 5.57. The van der Waals surface area contributed by atoms with Crippen LogP contribution in [0.1, 0.15) is 12.5 Å². The number of carbonyl (C=O) groups is 1. The lowest BCUT2D eigenvalue weighted by atomic mass is 10.1. The Balaban J connectivity index is 2.66. The van der Waals surface area contributed by atoms with Gasteiger partial charge in [0.05, 0.1) is 17.5 Å². The van der Waals surface area contributed by atoms with E-state index >= 15 is 0 Å². The molecule has 17 heavy (non-hydrogen) atoms. The van der Waals surface area contributed by atoms with Crippen molar-refractivity contribution in [2.45, 2.75) is 19.4 Å². The number of thiocarbonyl (C=S) groups is 1. The molecule has 0 saturated heterocycles. The van der Waals surface area contributed by atoms with Crippen LogP contribution in [0.15, 0.2) is 24.3 Å². The molecular weight excluding hydrogens is 239 g/mol. The summed E-state index contributed by atoms with van der Waals surface area (Å²) < 4.78 is 12.7. The maximum absolute atomic E-state index is 12.7. The van der Waals surface area contributed by atoms with Gasteiger partial charge in [0.25, 0.3) is 0 Å². The highest BCUT2D eigenvalue weighted by Gasteiger charge is 2.17. The van der Waals surface area contributed by atoms with Gasteiger partial charge in [-0.3, -0.25) is 4.79 Å². The molecule has 2 N–H and O–H groups in total. The molecule has 0 fully saturated rings. The Morgan fingerprint density at radius 3 is 2.47 bits per heavy atom. The molecule has 0 aliphatic rings. The third kappa shape index (κ3) is 3.78. The van der Waals surface area contributed by atoms with Gasteiger partial charge in [0.15, 0.2) is 0 Å². The van der Waals surface area contributed by atoms with Crippen LogP contribution in [0.4, 0.5) is 4.39 Å². The Morgan fingerprint density at radius 2 is 2.00 bits per heavy atom. The summed E-state index contributed by atoms with van der Waals surface area (Å²) in [6.45, 7) is 1.77. The minimum Gasteiger partial charge on any atom is -0.392 e. The van der Waals surface area contributed by atoms with Crippen molar-refractivity contribution in [2.75, 3.05) is 7.05 Å². The van der Waals surface area contributed by atoms with Crippen molar-refractivity contribution >= 4 is 23.1 Å². The van der Waals surface area contributed by atoms with Crippen LogP contribution in [-0.2, 0) is 11.2 Å². The largest absolute Gasteiger partial charge is 0.392 e. The molecule has 1 rings (SSSR count). The van der Waals surface area contributed by atoms with E-state index in [0.717, 1.165) is 5.56 Å². The number of nitrogens with two attached hydrogens (primary N) is 1. The fourth-order valence-electron chi connectivity index (χ4n) is 1.31. The summed E-state index contributed by atoms with van der Waals surface area (Å²) >= 11 is 4.83. The Bertz CT molecular complexity index is 419. The van der Waals surface area contributed by atoms with Crippen LogP contribution in [-0.4, -0.2) is 28.9 Å². The Labute approximate surface area is 105 Å². The van der Waals surface area contributed by atoms with Crippen molar-refractivity contribution in [1.82, 2.24) is 4.90 Å². The smallest absolute Gasteiger partial charge is 0.227 e. The SMILES string of the molecule is CC(C(N)=S)N(C)C(=O)Cc1ccc(F)cc1. The average molecular weight is 254 g/mol. The van der Waals surface area contributed by atoms with Crippen LogP contribution in [0.3, 0.4) is 0 Å². The van der Waals surface area contributed by atoms with E-state index in [1.807, 2.05) is 0 Å². The lowest BCUT2D eigenvalue weighted by Crippen LogP contribution is -2.43. The van der Waals surface area contributed by atoms with Gasteiger partial charge in [-0.15, -0.1) is 0 Å². The van der Waals surface area contributed by atoms with Gasteiger partial charge in [-0.1, -0.05) is 24.4 Å². The van der Waals surface area contributed by atoms with Crippen LogP contribution in [0, 0.1) is 5.82 Å².